The van der Waals surface area contributed by atoms with E-state index in [-0.39, 0.29) is 17.7 Å². The van der Waals surface area contributed by atoms with Crippen molar-refractivity contribution in [2.24, 2.45) is 5.92 Å². The molecule has 0 bridgehead atoms. The van der Waals surface area contributed by atoms with E-state index >= 15 is 0 Å². The van der Waals surface area contributed by atoms with Crippen molar-refractivity contribution in [3.63, 3.8) is 0 Å². The minimum Gasteiger partial charge on any atom is -0.326 e. The highest BCUT2D eigenvalue weighted by atomic mass is 35.5. The van der Waals surface area contributed by atoms with Gasteiger partial charge in [-0.3, -0.25) is 9.59 Å². The summed E-state index contributed by atoms with van der Waals surface area (Å²) in [5.74, 6) is -0.00373. The molecule has 5 heteroatoms. The molecule has 4 nitrogen and oxygen atoms in total. The van der Waals surface area contributed by atoms with Crippen LogP contribution in [0.4, 0.5) is 11.4 Å². The number of hydrogen-bond donors (Lipinski definition) is 2. The van der Waals surface area contributed by atoms with Gasteiger partial charge in [0.15, 0.2) is 0 Å². The average Bonchev–Trinajstić information content (AvgIpc) is 3.37. The summed E-state index contributed by atoms with van der Waals surface area (Å²) in [5.41, 5.74) is 2.75. The fourth-order valence-electron chi connectivity index (χ4n) is 2.23. The number of hydrogen-bond acceptors (Lipinski definition) is 2. The van der Waals surface area contributed by atoms with Crippen LogP contribution in [0.25, 0.3) is 0 Å². The van der Waals surface area contributed by atoms with Gasteiger partial charge in [-0.25, -0.2) is 0 Å². The summed E-state index contributed by atoms with van der Waals surface area (Å²) in [7, 11) is 0. The Labute approximate surface area is 139 Å². The molecule has 1 aliphatic rings. The molecule has 0 heterocycles. The lowest BCUT2D eigenvalue weighted by Crippen LogP contribution is -2.15. The van der Waals surface area contributed by atoms with E-state index in [1.165, 1.54) is 0 Å². The van der Waals surface area contributed by atoms with Crippen LogP contribution in [0.15, 0.2) is 42.5 Å². The molecule has 2 aromatic rings. The molecule has 118 valence electrons. The van der Waals surface area contributed by atoms with E-state index in [0.717, 1.165) is 18.4 Å². The van der Waals surface area contributed by atoms with Gasteiger partial charge < -0.3 is 10.6 Å². The lowest BCUT2D eigenvalue weighted by Gasteiger charge is -2.10. The summed E-state index contributed by atoms with van der Waals surface area (Å²) in [5, 5.41) is 6.31. The van der Waals surface area contributed by atoms with Crippen molar-refractivity contribution in [2.75, 3.05) is 10.6 Å². The van der Waals surface area contributed by atoms with Crippen LogP contribution in [-0.2, 0) is 4.79 Å². The summed E-state index contributed by atoms with van der Waals surface area (Å²) >= 11 is 6.05. The van der Waals surface area contributed by atoms with Crippen LogP contribution in [-0.4, -0.2) is 11.8 Å². The third-order valence-electron chi connectivity index (χ3n) is 3.88. The van der Waals surface area contributed by atoms with Crippen molar-refractivity contribution < 1.29 is 9.59 Å². The number of anilines is 2. The summed E-state index contributed by atoms with van der Waals surface area (Å²) in [4.78, 5) is 24.0. The first kappa shape index (κ1) is 15.6. The average molecular weight is 329 g/mol. The third kappa shape index (κ3) is 3.71. The number of nitrogens with one attached hydrogen (secondary N) is 2. The first-order chi connectivity index (χ1) is 11.0. The molecule has 0 spiro atoms. The summed E-state index contributed by atoms with van der Waals surface area (Å²) in [6.45, 7) is 1.86. The molecule has 2 amide bonds. The van der Waals surface area contributed by atoms with Gasteiger partial charge in [-0.05, 0) is 61.7 Å². The van der Waals surface area contributed by atoms with Crippen molar-refractivity contribution >= 4 is 34.8 Å². The Morgan fingerprint density at radius 1 is 1.04 bits per heavy atom. The zero-order valence-corrected chi connectivity index (χ0v) is 13.5. The monoisotopic (exact) mass is 328 g/mol. The maximum atomic E-state index is 12.3. The Balaban J connectivity index is 1.67. The molecular formula is C18H17ClN2O2. The molecule has 0 aliphatic heterocycles. The fourth-order valence-corrected chi connectivity index (χ4v) is 2.41. The summed E-state index contributed by atoms with van der Waals surface area (Å²) < 4.78 is 0. The SMILES string of the molecule is Cc1c(Cl)cccc1NC(=O)c1ccc(NC(=O)C2CC2)cc1. The molecule has 1 saturated carbocycles. The number of halogens is 1. The Morgan fingerprint density at radius 3 is 2.39 bits per heavy atom. The largest absolute Gasteiger partial charge is 0.326 e. The highest BCUT2D eigenvalue weighted by Gasteiger charge is 2.29. The molecule has 23 heavy (non-hydrogen) atoms. The Bertz CT molecular complexity index is 752. The van der Waals surface area contributed by atoms with Crippen LogP contribution in [0.1, 0.15) is 28.8 Å². The molecular weight excluding hydrogens is 312 g/mol. The van der Waals surface area contributed by atoms with E-state index in [1.807, 2.05) is 13.0 Å². The van der Waals surface area contributed by atoms with E-state index in [0.29, 0.717) is 22.0 Å². The predicted molar refractivity (Wildman–Crippen MR) is 91.9 cm³/mol. The highest BCUT2D eigenvalue weighted by Crippen LogP contribution is 2.30. The molecule has 3 rings (SSSR count). The maximum absolute atomic E-state index is 12.3. The first-order valence-electron chi connectivity index (χ1n) is 7.52. The zero-order chi connectivity index (χ0) is 16.4. The van der Waals surface area contributed by atoms with Gasteiger partial charge in [-0.2, -0.15) is 0 Å². The molecule has 2 aromatic carbocycles. The van der Waals surface area contributed by atoms with Gasteiger partial charge in [-0.1, -0.05) is 17.7 Å². The molecule has 0 atom stereocenters. The van der Waals surface area contributed by atoms with Crippen molar-refractivity contribution in [1.82, 2.24) is 0 Å². The van der Waals surface area contributed by atoms with Crippen LogP contribution >= 0.6 is 11.6 Å². The van der Waals surface area contributed by atoms with E-state index in [4.69, 9.17) is 11.6 Å². The second-order valence-electron chi connectivity index (χ2n) is 5.71. The predicted octanol–water partition coefficient (Wildman–Crippen LogP) is 4.25. The van der Waals surface area contributed by atoms with E-state index < -0.39 is 0 Å². The molecule has 0 radical (unpaired) electrons. The van der Waals surface area contributed by atoms with Crippen molar-refractivity contribution in [2.45, 2.75) is 19.8 Å². The van der Waals surface area contributed by atoms with Crippen molar-refractivity contribution in [3.05, 3.63) is 58.6 Å². The molecule has 0 aromatic heterocycles. The van der Waals surface area contributed by atoms with Gasteiger partial charge in [0, 0.05) is 27.9 Å². The lowest BCUT2D eigenvalue weighted by atomic mass is 10.1. The molecule has 1 fully saturated rings. The minimum atomic E-state index is -0.213. The van der Waals surface area contributed by atoms with Gasteiger partial charge in [0.2, 0.25) is 5.91 Å². The van der Waals surface area contributed by atoms with Gasteiger partial charge in [0.05, 0.1) is 0 Å². The highest BCUT2D eigenvalue weighted by molar-refractivity contribution is 6.31. The third-order valence-corrected chi connectivity index (χ3v) is 4.29. The summed E-state index contributed by atoms with van der Waals surface area (Å²) in [6, 6.07) is 12.2. The topological polar surface area (TPSA) is 58.2 Å². The molecule has 2 N–H and O–H groups in total. The number of rotatable bonds is 4. The Kier molecular flexibility index (Phi) is 4.35. The summed E-state index contributed by atoms with van der Waals surface area (Å²) in [6.07, 6.45) is 1.93. The van der Waals surface area contributed by atoms with Crippen LogP contribution in [0, 0.1) is 12.8 Å². The Hall–Kier alpha value is -2.33. The Morgan fingerprint density at radius 2 is 1.74 bits per heavy atom. The minimum absolute atomic E-state index is 0.0525. The van der Waals surface area contributed by atoms with Crippen LogP contribution in [0.3, 0.4) is 0 Å². The van der Waals surface area contributed by atoms with Crippen LogP contribution < -0.4 is 10.6 Å². The van der Waals surface area contributed by atoms with E-state index in [1.54, 1.807) is 36.4 Å². The molecule has 0 unspecified atom stereocenters. The van der Waals surface area contributed by atoms with Crippen molar-refractivity contribution in [3.8, 4) is 0 Å². The quantitative estimate of drug-likeness (QED) is 0.881. The normalized spacial score (nSPS) is 13.5. The number of benzene rings is 2. The maximum Gasteiger partial charge on any atom is 0.255 e. The first-order valence-corrected chi connectivity index (χ1v) is 7.90. The standard InChI is InChI=1S/C18H17ClN2O2/c1-11-15(19)3-2-4-16(11)21-18(23)13-7-9-14(10-8-13)20-17(22)12-5-6-12/h2-4,7-10,12H,5-6H2,1H3,(H,20,22)(H,21,23). The number of carbonyl (C=O) groups excluding carboxylic acids is 2. The van der Waals surface area contributed by atoms with Crippen molar-refractivity contribution in [1.29, 1.82) is 0 Å². The van der Waals surface area contributed by atoms with E-state index in [2.05, 4.69) is 10.6 Å². The second-order valence-corrected chi connectivity index (χ2v) is 6.11. The number of carbonyl (C=O) groups is 2. The van der Waals surface area contributed by atoms with Crippen LogP contribution in [0.5, 0.6) is 0 Å². The lowest BCUT2D eigenvalue weighted by molar-refractivity contribution is -0.117. The second kappa shape index (κ2) is 6.42. The fraction of sp³-hybridized carbons (Fsp3) is 0.222. The van der Waals surface area contributed by atoms with Gasteiger partial charge in [0.25, 0.3) is 5.91 Å². The number of amides is 2. The zero-order valence-electron chi connectivity index (χ0n) is 12.7. The molecule has 0 saturated heterocycles. The smallest absolute Gasteiger partial charge is 0.255 e. The van der Waals surface area contributed by atoms with Gasteiger partial charge in [-0.15, -0.1) is 0 Å². The van der Waals surface area contributed by atoms with Gasteiger partial charge >= 0.3 is 0 Å². The van der Waals surface area contributed by atoms with E-state index in [9.17, 15) is 9.59 Å². The van der Waals surface area contributed by atoms with Gasteiger partial charge in [0.1, 0.15) is 0 Å². The van der Waals surface area contributed by atoms with Crippen LogP contribution in [0.2, 0.25) is 5.02 Å². The molecule has 1 aliphatic carbocycles.